The summed E-state index contributed by atoms with van der Waals surface area (Å²) in [5.74, 6) is -0.122. The van der Waals surface area contributed by atoms with Crippen molar-refractivity contribution in [3.05, 3.63) is 0 Å². The molecule has 34 heavy (non-hydrogen) atoms. The van der Waals surface area contributed by atoms with Gasteiger partial charge in [0.2, 0.25) is 5.91 Å². The highest BCUT2D eigenvalue weighted by atomic mass is 16.5. The number of aliphatic hydroxyl groups excluding tert-OH is 1. The van der Waals surface area contributed by atoms with Crippen LogP contribution in [0, 0.1) is 0 Å². The molecule has 5 nitrogen and oxygen atoms in total. The zero-order valence-corrected chi connectivity index (χ0v) is 22.5. The van der Waals surface area contributed by atoms with Crippen molar-refractivity contribution in [3.63, 3.8) is 0 Å². The van der Waals surface area contributed by atoms with Crippen LogP contribution in [0.5, 0.6) is 0 Å². The molecule has 1 rings (SSSR count). The Hall–Kier alpha value is -1.10. The normalized spacial score (nSPS) is 16.7. The summed E-state index contributed by atoms with van der Waals surface area (Å²) >= 11 is 0. The van der Waals surface area contributed by atoms with Crippen LogP contribution in [0.2, 0.25) is 0 Å². The summed E-state index contributed by atoms with van der Waals surface area (Å²) < 4.78 is 5.82. The molecule has 1 aliphatic rings. The summed E-state index contributed by atoms with van der Waals surface area (Å²) in [5, 5.41) is 9.57. The lowest BCUT2D eigenvalue weighted by Gasteiger charge is -2.26. The van der Waals surface area contributed by atoms with Crippen molar-refractivity contribution in [2.45, 2.75) is 161 Å². The van der Waals surface area contributed by atoms with Gasteiger partial charge in [0.25, 0.3) is 0 Å². The van der Waals surface area contributed by atoms with Crippen molar-refractivity contribution in [2.75, 3.05) is 13.2 Å². The first-order valence-corrected chi connectivity index (χ1v) is 14.7. The molecule has 0 bridgehead atoms. The van der Waals surface area contributed by atoms with Gasteiger partial charge in [-0.15, -0.1) is 0 Å². The van der Waals surface area contributed by atoms with Crippen molar-refractivity contribution in [1.29, 1.82) is 0 Å². The van der Waals surface area contributed by atoms with Gasteiger partial charge in [-0.3, -0.25) is 9.59 Å². The van der Waals surface area contributed by atoms with Crippen molar-refractivity contribution >= 4 is 11.9 Å². The van der Waals surface area contributed by atoms with Crippen LogP contribution in [-0.2, 0) is 14.3 Å². The molecule has 0 spiro atoms. The highest BCUT2D eigenvalue weighted by Gasteiger charge is 2.30. The Balaban J connectivity index is 2.36. The number of nitrogens with zero attached hydrogens (tertiary/aromatic N) is 1. The van der Waals surface area contributed by atoms with Gasteiger partial charge in [-0.25, -0.2) is 0 Å². The van der Waals surface area contributed by atoms with E-state index < -0.39 is 0 Å². The number of hydrogen-bond acceptors (Lipinski definition) is 4. The number of esters is 1. The molecule has 0 saturated carbocycles. The van der Waals surface area contributed by atoms with Crippen LogP contribution in [0.3, 0.4) is 0 Å². The molecule has 1 heterocycles. The molecule has 2 unspecified atom stereocenters. The molecule has 0 aromatic carbocycles. The molecule has 0 aliphatic carbocycles. The van der Waals surface area contributed by atoms with Gasteiger partial charge in [-0.2, -0.15) is 0 Å². The zero-order chi connectivity index (χ0) is 24.9. The van der Waals surface area contributed by atoms with Gasteiger partial charge in [0.05, 0.1) is 19.1 Å². The van der Waals surface area contributed by atoms with E-state index in [4.69, 9.17) is 4.74 Å². The van der Waals surface area contributed by atoms with Crippen LogP contribution in [0.25, 0.3) is 0 Å². The van der Waals surface area contributed by atoms with Gasteiger partial charge in [-0.05, 0) is 32.1 Å². The van der Waals surface area contributed by atoms with E-state index in [1.54, 1.807) is 4.90 Å². The first-order chi connectivity index (χ1) is 16.6. The van der Waals surface area contributed by atoms with Gasteiger partial charge >= 0.3 is 5.97 Å². The summed E-state index contributed by atoms with van der Waals surface area (Å²) in [6, 6.07) is -0.0655. The van der Waals surface area contributed by atoms with Crippen LogP contribution in [0.15, 0.2) is 0 Å². The first-order valence-electron chi connectivity index (χ1n) is 14.7. The van der Waals surface area contributed by atoms with E-state index in [9.17, 15) is 14.7 Å². The first kappa shape index (κ1) is 30.9. The molecule has 0 radical (unpaired) electrons. The number of hydrogen-bond donors (Lipinski definition) is 1. The third-order valence-corrected chi connectivity index (χ3v) is 7.22. The second-order valence-electron chi connectivity index (χ2n) is 10.4. The van der Waals surface area contributed by atoms with E-state index in [2.05, 4.69) is 13.8 Å². The summed E-state index contributed by atoms with van der Waals surface area (Å²) in [6.07, 6.45) is 22.4. The maximum absolute atomic E-state index is 12.9. The second kappa shape index (κ2) is 21.2. The minimum absolute atomic E-state index is 0.0205. The Bertz CT molecular complexity index is 510. The topological polar surface area (TPSA) is 66.8 Å². The predicted octanol–water partition coefficient (Wildman–Crippen LogP) is 7.33. The Morgan fingerprint density at radius 1 is 0.824 bits per heavy atom. The third-order valence-electron chi connectivity index (χ3n) is 7.22. The summed E-state index contributed by atoms with van der Waals surface area (Å²) in [5.41, 5.74) is 0. The average molecular weight is 482 g/mol. The van der Waals surface area contributed by atoms with Gasteiger partial charge in [0.1, 0.15) is 6.10 Å². The van der Waals surface area contributed by atoms with Crippen molar-refractivity contribution in [3.8, 4) is 0 Å². The van der Waals surface area contributed by atoms with E-state index in [1.165, 1.54) is 77.0 Å². The smallest absolute Gasteiger partial charge is 0.306 e. The van der Waals surface area contributed by atoms with Crippen molar-refractivity contribution in [2.24, 2.45) is 0 Å². The Labute approximate surface area is 210 Å². The fraction of sp³-hybridized carbons (Fsp3) is 0.931. The van der Waals surface area contributed by atoms with Crippen LogP contribution >= 0.6 is 0 Å². The molecule has 0 aromatic rings. The maximum Gasteiger partial charge on any atom is 0.306 e. The number of likely N-dealkylation sites (tertiary alicyclic amines) is 1. The van der Waals surface area contributed by atoms with E-state index in [-0.39, 0.29) is 37.0 Å². The molecule has 1 saturated heterocycles. The Morgan fingerprint density at radius 3 is 1.91 bits per heavy atom. The largest absolute Gasteiger partial charge is 0.462 e. The number of amides is 1. The highest BCUT2D eigenvalue weighted by molar-refractivity contribution is 5.78. The molecule has 200 valence electrons. The maximum atomic E-state index is 12.9. The molecule has 5 heteroatoms. The monoisotopic (exact) mass is 481 g/mol. The van der Waals surface area contributed by atoms with E-state index in [1.807, 2.05) is 0 Å². The number of carbonyl (C=O) groups excluding carboxylic acids is 2. The molecular weight excluding hydrogens is 426 g/mol. The average Bonchev–Trinajstić information content (AvgIpc) is 3.31. The third kappa shape index (κ3) is 15.0. The molecule has 2 atom stereocenters. The van der Waals surface area contributed by atoms with Crippen molar-refractivity contribution < 1.29 is 19.4 Å². The van der Waals surface area contributed by atoms with E-state index in [0.29, 0.717) is 13.0 Å². The quantitative estimate of drug-likeness (QED) is 0.130. The van der Waals surface area contributed by atoms with Crippen LogP contribution in [0.4, 0.5) is 0 Å². The Morgan fingerprint density at radius 2 is 1.35 bits per heavy atom. The lowest BCUT2D eigenvalue weighted by atomic mass is 10.0. The molecular formula is C29H55NO4. The van der Waals surface area contributed by atoms with Crippen molar-refractivity contribution in [1.82, 2.24) is 4.90 Å². The van der Waals surface area contributed by atoms with Crippen LogP contribution < -0.4 is 0 Å². The standard InChI is InChI=1S/C29H55NO4/c1-3-5-7-9-11-12-14-15-17-21-27(24-28(32)30-23-19-20-26(30)25-31)34-29(33)22-18-16-13-10-8-6-4-2/h26-27,31H,3-25H2,1-2H3. The predicted molar refractivity (Wildman–Crippen MR) is 141 cm³/mol. The fourth-order valence-electron chi connectivity index (χ4n) is 5.02. The highest BCUT2D eigenvalue weighted by Crippen LogP contribution is 2.21. The van der Waals surface area contributed by atoms with Gasteiger partial charge in [0, 0.05) is 13.0 Å². The second-order valence-corrected chi connectivity index (χ2v) is 10.4. The molecule has 1 aliphatic heterocycles. The number of unbranched alkanes of at least 4 members (excludes halogenated alkanes) is 14. The van der Waals surface area contributed by atoms with Crippen LogP contribution in [0.1, 0.15) is 149 Å². The van der Waals surface area contributed by atoms with Crippen LogP contribution in [-0.4, -0.2) is 47.2 Å². The minimum atomic E-state index is -0.325. The zero-order valence-electron chi connectivity index (χ0n) is 22.5. The van der Waals surface area contributed by atoms with E-state index >= 15 is 0 Å². The fourth-order valence-corrected chi connectivity index (χ4v) is 5.02. The Kier molecular flexibility index (Phi) is 19.3. The van der Waals surface area contributed by atoms with Gasteiger partial charge < -0.3 is 14.7 Å². The molecule has 0 aromatic heterocycles. The number of carbonyl (C=O) groups is 2. The molecule has 1 N–H and O–H groups in total. The molecule has 1 fully saturated rings. The van der Waals surface area contributed by atoms with E-state index in [0.717, 1.165) is 44.9 Å². The lowest BCUT2D eigenvalue weighted by Crippen LogP contribution is -2.39. The number of rotatable bonds is 22. The lowest BCUT2D eigenvalue weighted by molar-refractivity contribution is -0.152. The summed E-state index contributed by atoms with van der Waals surface area (Å²) in [4.78, 5) is 27.2. The summed E-state index contributed by atoms with van der Waals surface area (Å²) in [7, 11) is 0. The minimum Gasteiger partial charge on any atom is -0.462 e. The van der Waals surface area contributed by atoms with Gasteiger partial charge in [-0.1, -0.05) is 104 Å². The number of ether oxygens (including phenoxy) is 1. The molecule has 1 amide bonds. The van der Waals surface area contributed by atoms with Gasteiger partial charge in [0.15, 0.2) is 0 Å². The SMILES string of the molecule is CCCCCCCCCCCC(CC(=O)N1CCCC1CO)OC(=O)CCCCCCCCC. The number of aliphatic hydroxyl groups is 1. The summed E-state index contributed by atoms with van der Waals surface area (Å²) in [6.45, 7) is 5.20.